The van der Waals surface area contributed by atoms with Gasteiger partial charge in [0.15, 0.2) is 5.96 Å². The molecular formula is C9H20N4O4. The van der Waals surface area contributed by atoms with E-state index in [-0.39, 0.29) is 17.3 Å². The topological polar surface area (TPSA) is 151 Å². The quantitative estimate of drug-likeness (QED) is 0.213. The van der Waals surface area contributed by atoms with Crippen LogP contribution in [0.5, 0.6) is 0 Å². The molecule has 0 radical (unpaired) electrons. The lowest BCUT2D eigenvalue weighted by Crippen LogP contribution is -2.40. The van der Waals surface area contributed by atoms with E-state index < -0.39 is 12.0 Å². The molecule has 1 atom stereocenters. The second kappa shape index (κ2) is 9.40. The lowest BCUT2D eigenvalue weighted by Gasteiger charge is -2.14. The van der Waals surface area contributed by atoms with Crippen LogP contribution in [0.15, 0.2) is 4.99 Å². The predicted octanol–water partition coefficient (Wildman–Crippen LogP) is -2.11. The molecule has 17 heavy (non-hydrogen) atoms. The Morgan fingerprint density at radius 2 is 2.00 bits per heavy atom. The van der Waals surface area contributed by atoms with Gasteiger partial charge in [0.05, 0.1) is 7.11 Å². The van der Waals surface area contributed by atoms with Gasteiger partial charge in [-0.25, -0.2) is 4.79 Å². The number of esters is 1. The van der Waals surface area contributed by atoms with Crippen molar-refractivity contribution in [3.05, 3.63) is 0 Å². The molecule has 0 fully saturated rings. The van der Waals surface area contributed by atoms with Gasteiger partial charge in [-0.2, -0.15) is 0 Å². The zero-order valence-corrected chi connectivity index (χ0v) is 10.0. The second-order valence-corrected chi connectivity index (χ2v) is 3.23. The van der Waals surface area contributed by atoms with Crippen LogP contribution < -0.4 is 16.8 Å². The van der Waals surface area contributed by atoms with E-state index in [1.165, 1.54) is 14.0 Å². The minimum absolute atomic E-state index is 0. The number of ether oxygens (including phenoxy) is 1. The van der Waals surface area contributed by atoms with Crippen molar-refractivity contribution in [3.63, 3.8) is 0 Å². The number of carbonyl (C=O) groups is 2. The molecular weight excluding hydrogens is 228 g/mol. The van der Waals surface area contributed by atoms with Crippen molar-refractivity contribution >= 4 is 17.8 Å². The van der Waals surface area contributed by atoms with Crippen LogP contribution in [0, 0.1) is 0 Å². The molecule has 0 aromatic carbocycles. The molecule has 0 spiro atoms. The van der Waals surface area contributed by atoms with E-state index in [0.717, 1.165) is 0 Å². The third-order valence-electron chi connectivity index (χ3n) is 1.81. The summed E-state index contributed by atoms with van der Waals surface area (Å²) in [6, 6.07) is -0.642. The summed E-state index contributed by atoms with van der Waals surface area (Å²) in [5.41, 5.74) is 10.3. The van der Waals surface area contributed by atoms with Gasteiger partial charge in [-0.3, -0.25) is 9.79 Å². The van der Waals surface area contributed by atoms with Crippen LogP contribution in [-0.4, -0.2) is 43.0 Å². The molecule has 8 heteroatoms. The highest BCUT2D eigenvalue weighted by molar-refractivity contribution is 5.83. The molecule has 0 saturated heterocycles. The van der Waals surface area contributed by atoms with Gasteiger partial charge in [-0.1, -0.05) is 0 Å². The predicted molar refractivity (Wildman–Crippen MR) is 63.1 cm³/mol. The Morgan fingerprint density at radius 3 is 2.41 bits per heavy atom. The number of nitrogens with one attached hydrogen (secondary N) is 1. The van der Waals surface area contributed by atoms with E-state index in [1.807, 2.05) is 0 Å². The Kier molecular flexibility index (Phi) is 9.71. The number of methoxy groups -OCH3 is 1. The van der Waals surface area contributed by atoms with Crippen LogP contribution in [0.3, 0.4) is 0 Å². The maximum atomic E-state index is 11.3. The van der Waals surface area contributed by atoms with Crippen LogP contribution in [0.4, 0.5) is 0 Å². The van der Waals surface area contributed by atoms with Crippen molar-refractivity contribution in [2.24, 2.45) is 16.5 Å². The Morgan fingerprint density at radius 1 is 1.41 bits per heavy atom. The SMILES string of the molecule is COC(=O)[C@H](CCCN=C(N)N)NC(C)=O.O. The van der Waals surface area contributed by atoms with Crippen molar-refractivity contribution in [3.8, 4) is 0 Å². The normalized spacial score (nSPS) is 10.7. The van der Waals surface area contributed by atoms with Gasteiger partial charge >= 0.3 is 5.97 Å². The summed E-state index contributed by atoms with van der Waals surface area (Å²) < 4.78 is 4.55. The van der Waals surface area contributed by atoms with Crippen LogP contribution >= 0.6 is 0 Å². The van der Waals surface area contributed by atoms with Gasteiger partial charge < -0.3 is 27.0 Å². The smallest absolute Gasteiger partial charge is 0.328 e. The van der Waals surface area contributed by atoms with Crippen molar-refractivity contribution < 1.29 is 19.8 Å². The average Bonchev–Trinajstić information content (AvgIpc) is 2.20. The Bertz CT molecular complexity index is 276. The van der Waals surface area contributed by atoms with Gasteiger partial charge in [0.2, 0.25) is 5.91 Å². The molecule has 0 aliphatic heterocycles. The molecule has 7 N–H and O–H groups in total. The van der Waals surface area contributed by atoms with E-state index in [9.17, 15) is 9.59 Å². The van der Waals surface area contributed by atoms with Crippen LogP contribution in [0.1, 0.15) is 19.8 Å². The zero-order chi connectivity index (χ0) is 12.6. The minimum Gasteiger partial charge on any atom is -0.467 e. The van der Waals surface area contributed by atoms with Gasteiger partial charge in [-0.05, 0) is 12.8 Å². The van der Waals surface area contributed by atoms with Gasteiger partial charge in [0.1, 0.15) is 6.04 Å². The summed E-state index contributed by atoms with van der Waals surface area (Å²) in [6.07, 6.45) is 1.01. The van der Waals surface area contributed by atoms with Crippen molar-refractivity contribution in [1.82, 2.24) is 5.32 Å². The third-order valence-corrected chi connectivity index (χ3v) is 1.81. The molecule has 1 amide bonds. The standard InChI is InChI=1S/C9H18N4O3.H2O/c1-6(14)13-7(8(15)16-2)4-3-5-12-9(10)11;/h7H,3-5H2,1-2H3,(H,13,14)(H4,10,11,12);1H2/t7-;/m0./s1. The summed E-state index contributed by atoms with van der Waals surface area (Å²) in [5.74, 6) is -0.744. The number of carbonyl (C=O) groups excluding carboxylic acids is 2. The van der Waals surface area contributed by atoms with E-state index in [4.69, 9.17) is 11.5 Å². The molecule has 0 aliphatic rings. The number of hydrogen-bond donors (Lipinski definition) is 3. The number of aliphatic imine (C=N–C) groups is 1. The van der Waals surface area contributed by atoms with Crippen LogP contribution in [0.25, 0.3) is 0 Å². The van der Waals surface area contributed by atoms with Crippen molar-refractivity contribution in [1.29, 1.82) is 0 Å². The third kappa shape index (κ3) is 9.12. The van der Waals surface area contributed by atoms with E-state index in [2.05, 4.69) is 15.0 Å². The first-order chi connectivity index (χ1) is 7.47. The lowest BCUT2D eigenvalue weighted by atomic mass is 10.1. The summed E-state index contributed by atoms with van der Waals surface area (Å²) in [7, 11) is 1.27. The van der Waals surface area contributed by atoms with E-state index in [1.54, 1.807) is 0 Å². The molecule has 0 heterocycles. The molecule has 0 aliphatic carbocycles. The summed E-state index contributed by atoms with van der Waals surface area (Å²) in [6.45, 7) is 1.75. The van der Waals surface area contributed by atoms with Gasteiger partial charge in [0.25, 0.3) is 0 Å². The largest absolute Gasteiger partial charge is 0.467 e. The van der Waals surface area contributed by atoms with E-state index in [0.29, 0.717) is 19.4 Å². The molecule has 0 rings (SSSR count). The molecule has 0 bridgehead atoms. The molecule has 0 aromatic heterocycles. The lowest BCUT2D eigenvalue weighted by molar-refractivity contribution is -0.145. The molecule has 8 nitrogen and oxygen atoms in total. The first kappa shape index (κ1) is 17.6. The number of nitrogens with zero attached hydrogens (tertiary/aromatic N) is 1. The zero-order valence-electron chi connectivity index (χ0n) is 10.0. The Labute approximate surface area is 99.7 Å². The minimum atomic E-state index is -0.642. The average molecular weight is 248 g/mol. The fourth-order valence-corrected chi connectivity index (χ4v) is 1.14. The van der Waals surface area contributed by atoms with Crippen LogP contribution in [-0.2, 0) is 14.3 Å². The fraction of sp³-hybridized carbons (Fsp3) is 0.667. The molecule has 0 unspecified atom stereocenters. The van der Waals surface area contributed by atoms with Gasteiger partial charge in [0, 0.05) is 13.5 Å². The summed E-state index contributed by atoms with van der Waals surface area (Å²) in [5, 5.41) is 2.49. The summed E-state index contributed by atoms with van der Waals surface area (Å²) >= 11 is 0. The number of rotatable bonds is 6. The Hall–Kier alpha value is -1.83. The Balaban J connectivity index is 0. The van der Waals surface area contributed by atoms with Crippen molar-refractivity contribution in [2.45, 2.75) is 25.8 Å². The first-order valence-electron chi connectivity index (χ1n) is 4.87. The van der Waals surface area contributed by atoms with E-state index >= 15 is 0 Å². The maximum Gasteiger partial charge on any atom is 0.328 e. The van der Waals surface area contributed by atoms with Gasteiger partial charge in [-0.15, -0.1) is 0 Å². The van der Waals surface area contributed by atoms with Crippen molar-refractivity contribution in [2.75, 3.05) is 13.7 Å². The monoisotopic (exact) mass is 248 g/mol. The number of amides is 1. The molecule has 0 aromatic rings. The highest BCUT2D eigenvalue weighted by atomic mass is 16.5. The molecule has 0 saturated carbocycles. The number of nitrogens with two attached hydrogens (primary N) is 2. The summed E-state index contributed by atoms with van der Waals surface area (Å²) in [4.78, 5) is 25.9. The number of guanidine groups is 1. The number of hydrogen-bond acceptors (Lipinski definition) is 4. The fourth-order valence-electron chi connectivity index (χ4n) is 1.14. The highest BCUT2D eigenvalue weighted by Crippen LogP contribution is 2.00. The van der Waals surface area contributed by atoms with Crippen LogP contribution in [0.2, 0.25) is 0 Å². The molecule has 100 valence electrons. The highest BCUT2D eigenvalue weighted by Gasteiger charge is 2.19. The maximum absolute atomic E-state index is 11.3. The first-order valence-corrected chi connectivity index (χ1v) is 4.87. The second-order valence-electron chi connectivity index (χ2n) is 3.23.